The number of nitrogens with one attached hydrogen (secondary N) is 1. The fourth-order valence-corrected chi connectivity index (χ4v) is 3.58. The maximum absolute atomic E-state index is 6.55. The van der Waals surface area contributed by atoms with Gasteiger partial charge in [0.1, 0.15) is 23.7 Å². The van der Waals surface area contributed by atoms with Crippen molar-refractivity contribution in [3.05, 3.63) is 21.7 Å². The molecule has 0 fully saturated rings. The SMILES string of the molecule is CNCCCc1c2c(c(Cl)c3c1OC(C)C3)OC(C)C2. The van der Waals surface area contributed by atoms with E-state index in [-0.39, 0.29) is 12.2 Å². The van der Waals surface area contributed by atoms with Crippen LogP contribution in [0, 0.1) is 0 Å². The molecule has 110 valence electrons. The first-order valence-corrected chi connectivity index (χ1v) is 7.83. The minimum absolute atomic E-state index is 0.213. The highest BCUT2D eigenvalue weighted by Gasteiger charge is 2.34. The number of hydrogen-bond acceptors (Lipinski definition) is 3. The Bertz CT molecular complexity index is 491. The zero-order valence-electron chi connectivity index (χ0n) is 12.4. The molecule has 2 atom stereocenters. The minimum Gasteiger partial charge on any atom is -0.490 e. The Morgan fingerprint density at radius 1 is 1.10 bits per heavy atom. The number of ether oxygens (including phenoxy) is 2. The van der Waals surface area contributed by atoms with Gasteiger partial charge in [0.15, 0.2) is 0 Å². The van der Waals surface area contributed by atoms with Crippen LogP contribution in [0.1, 0.15) is 37.0 Å². The van der Waals surface area contributed by atoms with E-state index in [0.29, 0.717) is 0 Å². The number of hydrogen-bond donors (Lipinski definition) is 1. The van der Waals surface area contributed by atoms with E-state index in [1.54, 1.807) is 0 Å². The van der Waals surface area contributed by atoms with Crippen molar-refractivity contribution in [2.24, 2.45) is 0 Å². The summed E-state index contributed by atoms with van der Waals surface area (Å²) in [4.78, 5) is 0. The molecule has 2 unspecified atom stereocenters. The van der Waals surface area contributed by atoms with Crippen LogP contribution in [-0.2, 0) is 19.3 Å². The van der Waals surface area contributed by atoms with E-state index in [1.165, 1.54) is 11.1 Å². The second-order valence-corrected chi connectivity index (χ2v) is 6.26. The van der Waals surface area contributed by atoms with Crippen molar-refractivity contribution >= 4 is 11.6 Å². The van der Waals surface area contributed by atoms with Gasteiger partial charge in [0.05, 0.1) is 5.02 Å². The summed E-state index contributed by atoms with van der Waals surface area (Å²) in [7, 11) is 1.99. The van der Waals surface area contributed by atoms with E-state index >= 15 is 0 Å². The lowest BCUT2D eigenvalue weighted by molar-refractivity contribution is 0.252. The van der Waals surface area contributed by atoms with Crippen molar-refractivity contribution in [2.75, 3.05) is 13.6 Å². The topological polar surface area (TPSA) is 30.5 Å². The van der Waals surface area contributed by atoms with E-state index in [0.717, 1.165) is 54.3 Å². The van der Waals surface area contributed by atoms with Crippen molar-refractivity contribution in [2.45, 2.75) is 51.7 Å². The summed E-state index contributed by atoms with van der Waals surface area (Å²) in [5.74, 6) is 1.95. The van der Waals surface area contributed by atoms with Crippen LogP contribution in [0.3, 0.4) is 0 Å². The normalized spacial score (nSPS) is 23.2. The Morgan fingerprint density at radius 2 is 1.75 bits per heavy atom. The largest absolute Gasteiger partial charge is 0.490 e. The third-order valence-electron chi connectivity index (χ3n) is 4.13. The Hall–Kier alpha value is -0.930. The van der Waals surface area contributed by atoms with Crippen LogP contribution in [0.25, 0.3) is 0 Å². The smallest absolute Gasteiger partial charge is 0.142 e. The molecule has 4 heteroatoms. The first-order chi connectivity index (χ1) is 9.61. The number of rotatable bonds is 4. The fourth-order valence-electron chi connectivity index (χ4n) is 3.26. The van der Waals surface area contributed by atoms with Crippen molar-refractivity contribution in [1.29, 1.82) is 0 Å². The van der Waals surface area contributed by atoms with Gasteiger partial charge in [0, 0.05) is 29.5 Å². The predicted molar refractivity (Wildman–Crippen MR) is 81.3 cm³/mol. The molecule has 0 spiro atoms. The molecule has 20 heavy (non-hydrogen) atoms. The predicted octanol–water partition coefficient (Wildman–Crippen LogP) is 3.14. The summed E-state index contributed by atoms with van der Waals surface area (Å²) in [6.45, 7) is 5.21. The van der Waals surface area contributed by atoms with Crippen molar-refractivity contribution in [3.63, 3.8) is 0 Å². The van der Waals surface area contributed by atoms with E-state index in [4.69, 9.17) is 21.1 Å². The minimum atomic E-state index is 0.213. The molecular formula is C16H22ClNO2. The standard InChI is InChI=1S/C16H22ClNO2/c1-9-7-12-11(5-4-6-18-3)15-13(8-10(2)19-15)14(17)16(12)20-9/h9-10,18H,4-8H2,1-3H3. The van der Waals surface area contributed by atoms with E-state index in [9.17, 15) is 0 Å². The van der Waals surface area contributed by atoms with Crippen LogP contribution >= 0.6 is 11.6 Å². The number of fused-ring (bicyclic) bond motifs is 2. The first-order valence-electron chi connectivity index (χ1n) is 7.45. The maximum Gasteiger partial charge on any atom is 0.142 e. The molecule has 1 aromatic rings. The van der Waals surface area contributed by atoms with Crippen LogP contribution in [0.15, 0.2) is 0 Å². The highest BCUT2D eigenvalue weighted by atomic mass is 35.5. The van der Waals surface area contributed by atoms with Gasteiger partial charge in [-0.2, -0.15) is 0 Å². The molecule has 2 aliphatic rings. The van der Waals surface area contributed by atoms with Crippen LogP contribution in [0.5, 0.6) is 11.5 Å². The molecule has 3 nitrogen and oxygen atoms in total. The molecule has 0 radical (unpaired) electrons. The van der Waals surface area contributed by atoms with Crippen LogP contribution < -0.4 is 14.8 Å². The summed E-state index contributed by atoms with van der Waals surface area (Å²) >= 11 is 6.55. The Kier molecular flexibility index (Phi) is 3.83. The van der Waals surface area contributed by atoms with Crippen LogP contribution in [0.4, 0.5) is 0 Å². The van der Waals surface area contributed by atoms with Gasteiger partial charge in [0.25, 0.3) is 0 Å². The molecule has 0 bridgehead atoms. The molecule has 2 aliphatic heterocycles. The quantitative estimate of drug-likeness (QED) is 0.866. The monoisotopic (exact) mass is 295 g/mol. The zero-order chi connectivity index (χ0) is 14.3. The highest BCUT2D eigenvalue weighted by molar-refractivity contribution is 6.33. The van der Waals surface area contributed by atoms with E-state index < -0.39 is 0 Å². The van der Waals surface area contributed by atoms with E-state index in [2.05, 4.69) is 19.2 Å². The van der Waals surface area contributed by atoms with E-state index in [1.807, 2.05) is 7.05 Å². The average Bonchev–Trinajstić information content (AvgIpc) is 2.97. The third kappa shape index (κ3) is 2.27. The molecule has 0 amide bonds. The maximum atomic E-state index is 6.55. The first kappa shape index (κ1) is 14.0. The van der Waals surface area contributed by atoms with Gasteiger partial charge in [-0.15, -0.1) is 0 Å². The molecular weight excluding hydrogens is 274 g/mol. The molecule has 0 aliphatic carbocycles. The van der Waals surface area contributed by atoms with Gasteiger partial charge in [-0.05, 0) is 40.3 Å². The lowest BCUT2D eigenvalue weighted by atomic mass is 9.95. The van der Waals surface area contributed by atoms with Crippen LogP contribution in [0.2, 0.25) is 5.02 Å². The van der Waals surface area contributed by atoms with Gasteiger partial charge < -0.3 is 14.8 Å². The second-order valence-electron chi connectivity index (χ2n) is 5.88. The summed E-state index contributed by atoms with van der Waals surface area (Å²) < 4.78 is 12.0. The molecule has 3 rings (SSSR count). The fraction of sp³-hybridized carbons (Fsp3) is 0.625. The van der Waals surface area contributed by atoms with Gasteiger partial charge in [0.2, 0.25) is 0 Å². The third-order valence-corrected chi connectivity index (χ3v) is 4.53. The van der Waals surface area contributed by atoms with Crippen molar-refractivity contribution in [3.8, 4) is 11.5 Å². The van der Waals surface area contributed by atoms with Gasteiger partial charge in [-0.1, -0.05) is 11.6 Å². The molecule has 0 aromatic heterocycles. The Morgan fingerprint density at radius 3 is 2.45 bits per heavy atom. The number of halogens is 1. The lowest BCUT2D eigenvalue weighted by Gasteiger charge is -2.15. The Balaban J connectivity index is 2.03. The molecule has 1 aromatic carbocycles. The summed E-state index contributed by atoms with van der Waals surface area (Å²) in [5.41, 5.74) is 3.74. The zero-order valence-corrected chi connectivity index (χ0v) is 13.1. The molecule has 0 saturated carbocycles. The molecule has 0 saturated heterocycles. The van der Waals surface area contributed by atoms with Gasteiger partial charge in [-0.3, -0.25) is 0 Å². The second kappa shape index (κ2) is 5.45. The Labute approximate surface area is 125 Å². The molecule has 2 heterocycles. The van der Waals surface area contributed by atoms with Crippen LogP contribution in [-0.4, -0.2) is 25.8 Å². The number of benzene rings is 1. The highest BCUT2D eigenvalue weighted by Crippen LogP contribution is 2.49. The van der Waals surface area contributed by atoms with Crippen molar-refractivity contribution in [1.82, 2.24) is 5.32 Å². The molecule has 1 N–H and O–H groups in total. The average molecular weight is 296 g/mol. The van der Waals surface area contributed by atoms with Gasteiger partial charge in [-0.25, -0.2) is 0 Å². The van der Waals surface area contributed by atoms with Crippen molar-refractivity contribution < 1.29 is 9.47 Å². The van der Waals surface area contributed by atoms with Gasteiger partial charge >= 0.3 is 0 Å². The summed E-state index contributed by atoms with van der Waals surface area (Å²) in [6, 6.07) is 0. The lowest BCUT2D eigenvalue weighted by Crippen LogP contribution is -2.10. The summed E-state index contributed by atoms with van der Waals surface area (Å²) in [5, 5.41) is 3.98. The summed E-state index contributed by atoms with van der Waals surface area (Å²) in [6.07, 6.45) is 4.37.